The normalized spacial score (nSPS) is 17.8. The molecule has 26 heavy (non-hydrogen) atoms. The van der Waals surface area contributed by atoms with Gasteiger partial charge in [0.05, 0.1) is 10.6 Å². The van der Waals surface area contributed by atoms with Crippen molar-refractivity contribution in [3.63, 3.8) is 0 Å². The summed E-state index contributed by atoms with van der Waals surface area (Å²) in [4.78, 5) is 29.7. The van der Waals surface area contributed by atoms with Crippen molar-refractivity contribution in [2.24, 2.45) is 5.92 Å². The number of likely N-dealkylation sites (tertiary alicyclic amines) is 1. The van der Waals surface area contributed by atoms with Crippen LogP contribution >= 0.6 is 22.9 Å². The molecule has 1 atom stereocenters. The second-order valence-electron chi connectivity index (χ2n) is 6.50. The number of aromatic nitrogens is 1. The number of rotatable bonds is 5. The third-order valence-corrected chi connectivity index (χ3v) is 5.34. The van der Waals surface area contributed by atoms with Gasteiger partial charge < -0.3 is 0 Å². The maximum absolute atomic E-state index is 12.4. The first-order valence-corrected chi connectivity index (χ1v) is 9.60. The molecule has 9 heteroatoms. The van der Waals surface area contributed by atoms with E-state index < -0.39 is 10.8 Å². The van der Waals surface area contributed by atoms with Gasteiger partial charge in [-0.1, -0.05) is 18.5 Å². The van der Waals surface area contributed by atoms with Gasteiger partial charge in [-0.15, -0.1) is 11.3 Å². The lowest BCUT2D eigenvalue weighted by atomic mass is 10.0. The number of amides is 1. The number of hydrogen-bond donors (Lipinski definition) is 1. The fourth-order valence-electron chi connectivity index (χ4n) is 3.11. The molecule has 1 aliphatic rings. The van der Waals surface area contributed by atoms with Crippen LogP contribution in [0.4, 0.5) is 10.8 Å². The van der Waals surface area contributed by atoms with E-state index in [4.69, 9.17) is 11.6 Å². The van der Waals surface area contributed by atoms with Crippen LogP contribution < -0.4 is 5.32 Å². The molecule has 1 saturated heterocycles. The van der Waals surface area contributed by atoms with E-state index in [1.54, 1.807) is 0 Å². The lowest BCUT2D eigenvalue weighted by Gasteiger charge is -2.30. The van der Waals surface area contributed by atoms with Crippen LogP contribution in [0.3, 0.4) is 0 Å². The van der Waals surface area contributed by atoms with Crippen LogP contribution in [-0.2, 0) is 6.54 Å². The van der Waals surface area contributed by atoms with Crippen molar-refractivity contribution in [1.29, 1.82) is 0 Å². The lowest BCUT2D eigenvalue weighted by Crippen LogP contribution is -2.33. The van der Waals surface area contributed by atoms with Crippen LogP contribution in [0.25, 0.3) is 0 Å². The summed E-state index contributed by atoms with van der Waals surface area (Å²) in [6.45, 7) is 5.10. The van der Waals surface area contributed by atoms with Crippen LogP contribution in [0.1, 0.15) is 35.8 Å². The van der Waals surface area contributed by atoms with E-state index in [0.717, 1.165) is 25.3 Å². The maximum atomic E-state index is 12.4. The van der Waals surface area contributed by atoms with Gasteiger partial charge in [-0.05, 0) is 37.4 Å². The standard InChI is InChI=1S/C17H19ClN4O3S/c1-11-3-2-6-21(8-11)9-13-10-26-17(19-13)20-16(23)14-5-4-12(18)7-15(14)22(24)25/h4-5,7,10-11H,2-3,6,8-9H2,1H3,(H,19,20,23)/t11-/m1/s1. The predicted octanol–water partition coefficient (Wildman–Crippen LogP) is 4.19. The van der Waals surface area contributed by atoms with Gasteiger partial charge in [-0.3, -0.25) is 25.1 Å². The molecule has 1 N–H and O–H groups in total. The highest BCUT2D eigenvalue weighted by atomic mass is 35.5. The number of halogens is 1. The van der Waals surface area contributed by atoms with Gasteiger partial charge in [0.1, 0.15) is 5.56 Å². The molecule has 0 spiro atoms. The van der Waals surface area contributed by atoms with Crippen molar-refractivity contribution in [2.75, 3.05) is 18.4 Å². The number of nitrogens with one attached hydrogen (secondary N) is 1. The van der Waals surface area contributed by atoms with Gasteiger partial charge in [-0.25, -0.2) is 4.98 Å². The van der Waals surface area contributed by atoms with E-state index in [1.807, 2.05) is 5.38 Å². The number of hydrogen-bond acceptors (Lipinski definition) is 6. The number of nitrogens with zero attached hydrogens (tertiary/aromatic N) is 3. The Balaban J connectivity index is 1.67. The van der Waals surface area contributed by atoms with E-state index in [0.29, 0.717) is 11.0 Å². The molecular formula is C17H19ClN4O3S. The highest BCUT2D eigenvalue weighted by Gasteiger charge is 2.22. The summed E-state index contributed by atoms with van der Waals surface area (Å²) in [6, 6.07) is 3.97. The maximum Gasteiger partial charge on any atom is 0.283 e. The van der Waals surface area contributed by atoms with Gasteiger partial charge in [0, 0.05) is 29.6 Å². The number of benzene rings is 1. The largest absolute Gasteiger partial charge is 0.298 e. The van der Waals surface area contributed by atoms with Crippen molar-refractivity contribution in [1.82, 2.24) is 9.88 Å². The Hall–Kier alpha value is -2.03. The average Bonchev–Trinajstić information content (AvgIpc) is 3.01. The van der Waals surface area contributed by atoms with E-state index in [1.165, 1.54) is 42.4 Å². The molecule has 2 aromatic rings. The molecule has 1 aliphatic heterocycles. The number of carbonyl (C=O) groups excluding carboxylic acids is 1. The SMILES string of the molecule is C[C@@H]1CCCN(Cc2csc(NC(=O)c3ccc(Cl)cc3[N+](=O)[O-])n2)C1. The van der Waals surface area contributed by atoms with Crippen LogP contribution in [0, 0.1) is 16.0 Å². The topological polar surface area (TPSA) is 88.4 Å². The van der Waals surface area contributed by atoms with E-state index in [2.05, 4.69) is 22.1 Å². The Bertz CT molecular complexity index is 826. The number of anilines is 1. The third-order valence-electron chi connectivity index (χ3n) is 4.30. The van der Waals surface area contributed by atoms with Crippen LogP contribution in [0.2, 0.25) is 5.02 Å². The number of nitro benzene ring substituents is 1. The third kappa shape index (κ3) is 4.57. The molecule has 1 aromatic carbocycles. The summed E-state index contributed by atoms with van der Waals surface area (Å²) in [5.41, 5.74) is 0.528. The fourth-order valence-corrected chi connectivity index (χ4v) is 3.97. The van der Waals surface area contributed by atoms with E-state index >= 15 is 0 Å². The molecule has 3 rings (SSSR count). The van der Waals surface area contributed by atoms with Crippen molar-refractivity contribution in [2.45, 2.75) is 26.3 Å². The zero-order valence-corrected chi connectivity index (χ0v) is 15.8. The molecule has 0 saturated carbocycles. The summed E-state index contributed by atoms with van der Waals surface area (Å²) in [6.07, 6.45) is 2.45. The second kappa shape index (κ2) is 8.11. The molecule has 0 bridgehead atoms. The highest BCUT2D eigenvalue weighted by Crippen LogP contribution is 2.25. The summed E-state index contributed by atoms with van der Waals surface area (Å²) in [5, 5.41) is 16.3. The first-order chi connectivity index (χ1) is 12.4. The summed E-state index contributed by atoms with van der Waals surface area (Å²) < 4.78 is 0. The Kier molecular flexibility index (Phi) is 5.85. The minimum absolute atomic E-state index is 0.0407. The zero-order chi connectivity index (χ0) is 18.7. The quantitative estimate of drug-likeness (QED) is 0.606. The van der Waals surface area contributed by atoms with Gasteiger partial charge in [0.2, 0.25) is 0 Å². The minimum atomic E-state index is -0.619. The smallest absolute Gasteiger partial charge is 0.283 e. The Morgan fingerprint density at radius 1 is 1.54 bits per heavy atom. The molecule has 0 unspecified atom stereocenters. The number of piperidine rings is 1. The van der Waals surface area contributed by atoms with Gasteiger partial charge in [-0.2, -0.15) is 0 Å². The molecule has 2 heterocycles. The van der Waals surface area contributed by atoms with Crippen LogP contribution in [0.15, 0.2) is 23.6 Å². The average molecular weight is 395 g/mol. The highest BCUT2D eigenvalue weighted by molar-refractivity contribution is 7.14. The molecule has 1 amide bonds. The molecular weight excluding hydrogens is 376 g/mol. The second-order valence-corrected chi connectivity index (χ2v) is 7.79. The summed E-state index contributed by atoms with van der Waals surface area (Å²) in [7, 11) is 0. The van der Waals surface area contributed by atoms with Crippen LogP contribution in [-0.4, -0.2) is 33.8 Å². The molecule has 7 nitrogen and oxygen atoms in total. The predicted molar refractivity (Wildman–Crippen MR) is 102 cm³/mol. The Morgan fingerprint density at radius 3 is 3.08 bits per heavy atom. The number of carbonyl (C=O) groups is 1. The van der Waals surface area contributed by atoms with Gasteiger partial charge in [0.25, 0.3) is 11.6 Å². The van der Waals surface area contributed by atoms with Crippen molar-refractivity contribution < 1.29 is 9.72 Å². The first-order valence-electron chi connectivity index (χ1n) is 8.34. The first kappa shape index (κ1) is 18.8. The Morgan fingerprint density at radius 2 is 2.35 bits per heavy atom. The van der Waals surface area contributed by atoms with Crippen molar-refractivity contribution in [3.8, 4) is 0 Å². The van der Waals surface area contributed by atoms with E-state index in [9.17, 15) is 14.9 Å². The van der Waals surface area contributed by atoms with Crippen molar-refractivity contribution in [3.05, 3.63) is 50.0 Å². The summed E-state index contributed by atoms with van der Waals surface area (Å²) in [5.74, 6) is 0.118. The molecule has 1 fully saturated rings. The van der Waals surface area contributed by atoms with E-state index in [-0.39, 0.29) is 16.3 Å². The number of thiazole rings is 1. The zero-order valence-electron chi connectivity index (χ0n) is 14.3. The molecule has 138 valence electrons. The van der Waals surface area contributed by atoms with Gasteiger partial charge >= 0.3 is 0 Å². The molecule has 1 aromatic heterocycles. The molecule has 0 aliphatic carbocycles. The lowest BCUT2D eigenvalue weighted by molar-refractivity contribution is -0.385. The number of nitro groups is 1. The van der Waals surface area contributed by atoms with Gasteiger partial charge in [0.15, 0.2) is 5.13 Å². The van der Waals surface area contributed by atoms with Crippen molar-refractivity contribution >= 4 is 39.7 Å². The van der Waals surface area contributed by atoms with Crippen LogP contribution in [0.5, 0.6) is 0 Å². The monoisotopic (exact) mass is 394 g/mol. The summed E-state index contributed by atoms with van der Waals surface area (Å²) >= 11 is 7.09. The Labute approximate surface area is 160 Å². The molecule has 0 radical (unpaired) electrons. The fraction of sp³-hybridized carbons (Fsp3) is 0.412. The minimum Gasteiger partial charge on any atom is -0.298 e.